The van der Waals surface area contributed by atoms with E-state index in [0.29, 0.717) is 16.6 Å². The summed E-state index contributed by atoms with van der Waals surface area (Å²) in [6.07, 6.45) is -4.63. The SMILES string of the molecule is Cc1nc2c(S(=O)(=O)Cc3ccc(C(=O)N4CCC(O)(CC(C)C(F)(F)F)CC4)cc3)cccc2s1. The van der Waals surface area contributed by atoms with Crippen LogP contribution in [0.3, 0.4) is 0 Å². The molecule has 0 spiro atoms. The number of piperidine rings is 1. The number of aliphatic hydroxyl groups is 1. The van der Waals surface area contributed by atoms with Gasteiger partial charge in [0.05, 0.1) is 31.9 Å². The molecule has 0 bridgehead atoms. The van der Waals surface area contributed by atoms with Crippen LogP contribution < -0.4 is 0 Å². The summed E-state index contributed by atoms with van der Waals surface area (Å²) in [4.78, 5) is 18.9. The molecule has 1 aliphatic heterocycles. The lowest BCUT2D eigenvalue weighted by molar-refractivity contribution is -0.187. The number of thiazole rings is 1. The number of hydrogen-bond acceptors (Lipinski definition) is 6. The fourth-order valence-electron chi connectivity index (χ4n) is 4.52. The van der Waals surface area contributed by atoms with Gasteiger partial charge >= 0.3 is 6.18 Å². The lowest BCUT2D eigenvalue weighted by atomic mass is 9.83. The number of aromatic nitrogens is 1. The Morgan fingerprint density at radius 3 is 2.42 bits per heavy atom. The Labute approximate surface area is 211 Å². The van der Waals surface area contributed by atoms with Crippen molar-refractivity contribution in [1.82, 2.24) is 9.88 Å². The van der Waals surface area contributed by atoms with Gasteiger partial charge in [-0.2, -0.15) is 13.2 Å². The van der Waals surface area contributed by atoms with Gasteiger partial charge in [0, 0.05) is 18.7 Å². The first kappa shape index (κ1) is 26.6. The van der Waals surface area contributed by atoms with Gasteiger partial charge in [-0.15, -0.1) is 11.3 Å². The maximum atomic E-state index is 13.1. The number of halogens is 3. The topological polar surface area (TPSA) is 87.6 Å². The number of carbonyl (C=O) groups is 1. The number of nitrogens with zero attached hydrogens (tertiary/aromatic N) is 2. The summed E-state index contributed by atoms with van der Waals surface area (Å²) in [7, 11) is -3.67. The van der Waals surface area contributed by atoms with Crippen molar-refractivity contribution in [1.29, 1.82) is 0 Å². The van der Waals surface area contributed by atoms with E-state index in [1.54, 1.807) is 36.4 Å². The first-order valence-corrected chi connectivity index (χ1v) is 14.0. The van der Waals surface area contributed by atoms with Crippen LogP contribution in [0.4, 0.5) is 13.2 Å². The van der Waals surface area contributed by atoms with Crippen molar-refractivity contribution in [2.75, 3.05) is 13.1 Å². The summed E-state index contributed by atoms with van der Waals surface area (Å²) in [6, 6.07) is 11.3. The van der Waals surface area contributed by atoms with Crippen LogP contribution in [0, 0.1) is 12.8 Å². The van der Waals surface area contributed by atoms with Gasteiger partial charge < -0.3 is 10.0 Å². The molecule has 2 aromatic carbocycles. The van der Waals surface area contributed by atoms with Crippen molar-refractivity contribution in [3.8, 4) is 0 Å². The average Bonchev–Trinajstić information content (AvgIpc) is 3.18. The van der Waals surface area contributed by atoms with Gasteiger partial charge in [-0.05, 0) is 56.0 Å². The average molecular weight is 541 g/mol. The van der Waals surface area contributed by atoms with Crippen molar-refractivity contribution < 1.29 is 31.5 Å². The van der Waals surface area contributed by atoms with E-state index < -0.39 is 34.0 Å². The molecule has 0 aliphatic carbocycles. The van der Waals surface area contributed by atoms with Crippen molar-refractivity contribution in [3.05, 3.63) is 58.6 Å². The highest BCUT2D eigenvalue weighted by molar-refractivity contribution is 7.90. The number of rotatable bonds is 6. The molecule has 1 saturated heterocycles. The monoisotopic (exact) mass is 540 g/mol. The highest BCUT2D eigenvalue weighted by Crippen LogP contribution is 2.37. The molecule has 194 valence electrons. The molecule has 6 nitrogen and oxygen atoms in total. The van der Waals surface area contributed by atoms with E-state index in [9.17, 15) is 31.5 Å². The van der Waals surface area contributed by atoms with Crippen LogP contribution in [0.5, 0.6) is 0 Å². The summed E-state index contributed by atoms with van der Waals surface area (Å²) in [5, 5.41) is 11.4. The number of hydrogen-bond donors (Lipinski definition) is 1. The Kier molecular flexibility index (Phi) is 7.20. The third kappa shape index (κ3) is 5.73. The predicted octanol–water partition coefficient (Wildman–Crippen LogP) is 5.13. The van der Waals surface area contributed by atoms with Gasteiger partial charge in [-0.3, -0.25) is 4.79 Å². The first-order chi connectivity index (χ1) is 16.8. The smallest absolute Gasteiger partial charge is 0.390 e. The third-order valence-electron chi connectivity index (χ3n) is 6.61. The van der Waals surface area contributed by atoms with Crippen LogP contribution in [-0.4, -0.2) is 54.2 Å². The standard InChI is InChI=1S/C25H27F3N2O4S2/c1-16(25(26,27)28)14-24(32)10-12-30(13-11-24)23(31)19-8-6-18(7-9-19)15-36(33,34)21-5-3-4-20-22(21)29-17(2)35-20/h3-9,16,32H,10-15H2,1-2H3. The Bertz CT molecular complexity index is 1360. The first-order valence-electron chi connectivity index (χ1n) is 11.5. The molecule has 1 aromatic heterocycles. The third-order valence-corrected chi connectivity index (χ3v) is 9.26. The van der Waals surface area contributed by atoms with Gasteiger partial charge in [0.15, 0.2) is 9.84 Å². The van der Waals surface area contributed by atoms with E-state index in [-0.39, 0.29) is 42.5 Å². The van der Waals surface area contributed by atoms with E-state index in [4.69, 9.17) is 0 Å². The van der Waals surface area contributed by atoms with E-state index in [1.807, 2.05) is 13.0 Å². The second-order valence-electron chi connectivity index (χ2n) is 9.46. The summed E-state index contributed by atoms with van der Waals surface area (Å²) in [6.45, 7) is 3.17. The number of likely N-dealkylation sites (tertiary alicyclic amines) is 1. The number of fused-ring (bicyclic) bond motifs is 1. The lowest BCUT2D eigenvalue weighted by Crippen LogP contribution is -2.48. The Morgan fingerprint density at radius 2 is 1.81 bits per heavy atom. The van der Waals surface area contributed by atoms with Crippen LogP contribution in [0.2, 0.25) is 0 Å². The number of benzene rings is 2. The molecular formula is C25H27F3N2O4S2. The Hall–Kier alpha value is -2.50. The van der Waals surface area contributed by atoms with Gasteiger partial charge in [-0.25, -0.2) is 13.4 Å². The van der Waals surface area contributed by atoms with Crippen LogP contribution in [0.15, 0.2) is 47.4 Å². The normalized spacial score (nSPS) is 17.3. The van der Waals surface area contributed by atoms with Gasteiger partial charge in [-0.1, -0.05) is 25.1 Å². The summed E-state index contributed by atoms with van der Waals surface area (Å²) < 4.78 is 65.6. The fraction of sp³-hybridized carbons (Fsp3) is 0.440. The molecule has 1 amide bonds. The van der Waals surface area contributed by atoms with Crippen LogP contribution in [0.25, 0.3) is 10.2 Å². The molecule has 0 radical (unpaired) electrons. The minimum atomic E-state index is -4.37. The van der Waals surface area contributed by atoms with Crippen molar-refractivity contribution in [3.63, 3.8) is 0 Å². The number of aryl methyl sites for hydroxylation is 1. The minimum absolute atomic E-state index is 0.0666. The summed E-state index contributed by atoms with van der Waals surface area (Å²) in [5.41, 5.74) is -0.128. The fourth-order valence-corrected chi connectivity index (χ4v) is 6.97. The molecule has 1 fully saturated rings. The molecule has 4 rings (SSSR count). The van der Waals surface area contributed by atoms with Gasteiger partial charge in [0.2, 0.25) is 0 Å². The maximum absolute atomic E-state index is 13.1. The van der Waals surface area contributed by atoms with Crippen molar-refractivity contribution in [2.24, 2.45) is 5.92 Å². The molecule has 36 heavy (non-hydrogen) atoms. The number of amides is 1. The molecular weight excluding hydrogens is 513 g/mol. The van der Waals surface area contributed by atoms with Crippen LogP contribution >= 0.6 is 11.3 Å². The quantitative estimate of drug-likeness (QED) is 0.468. The minimum Gasteiger partial charge on any atom is -0.390 e. The second kappa shape index (κ2) is 9.75. The maximum Gasteiger partial charge on any atom is 0.391 e. The number of para-hydroxylation sites is 1. The Morgan fingerprint density at radius 1 is 1.17 bits per heavy atom. The zero-order valence-corrected chi connectivity index (χ0v) is 21.5. The summed E-state index contributed by atoms with van der Waals surface area (Å²) >= 11 is 1.43. The zero-order chi connectivity index (χ0) is 26.3. The van der Waals surface area contributed by atoms with E-state index in [0.717, 1.165) is 16.6 Å². The molecule has 1 atom stereocenters. The number of carbonyl (C=O) groups excluding carboxylic acids is 1. The number of sulfone groups is 1. The molecule has 0 saturated carbocycles. The zero-order valence-electron chi connectivity index (χ0n) is 19.9. The lowest BCUT2D eigenvalue weighted by Gasteiger charge is -2.39. The van der Waals surface area contributed by atoms with Crippen molar-refractivity contribution >= 4 is 37.3 Å². The molecule has 1 N–H and O–H groups in total. The number of alkyl halides is 3. The largest absolute Gasteiger partial charge is 0.391 e. The summed E-state index contributed by atoms with van der Waals surface area (Å²) in [5.74, 6) is -2.18. The molecule has 1 unspecified atom stereocenters. The molecule has 11 heteroatoms. The highest BCUT2D eigenvalue weighted by Gasteiger charge is 2.43. The van der Waals surface area contributed by atoms with Gasteiger partial charge in [0.25, 0.3) is 5.91 Å². The molecule has 2 heterocycles. The van der Waals surface area contributed by atoms with E-state index >= 15 is 0 Å². The molecule has 3 aromatic rings. The molecule has 1 aliphatic rings. The van der Waals surface area contributed by atoms with Crippen molar-refractivity contribution in [2.45, 2.75) is 55.5 Å². The van der Waals surface area contributed by atoms with Crippen LogP contribution in [0.1, 0.15) is 47.1 Å². The van der Waals surface area contributed by atoms with Crippen LogP contribution in [-0.2, 0) is 15.6 Å². The van der Waals surface area contributed by atoms with E-state index in [2.05, 4.69) is 4.98 Å². The van der Waals surface area contributed by atoms with Gasteiger partial charge in [0.1, 0.15) is 5.52 Å². The highest BCUT2D eigenvalue weighted by atomic mass is 32.2. The van der Waals surface area contributed by atoms with E-state index in [1.165, 1.54) is 16.2 Å². The predicted molar refractivity (Wildman–Crippen MR) is 132 cm³/mol. The second-order valence-corrected chi connectivity index (χ2v) is 12.6. The Balaban J connectivity index is 1.41.